The smallest absolute Gasteiger partial charge is 0.169 e. The van der Waals surface area contributed by atoms with E-state index >= 15 is 0 Å². The van der Waals surface area contributed by atoms with Gasteiger partial charge in [0.25, 0.3) is 0 Å². The van der Waals surface area contributed by atoms with Crippen LogP contribution < -0.4 is 5.73 Å². The van der Waals surface area contributed by atoms with Crippen LogP contribution in [0.5, 0.6) is 0 Å². The van der Waals surface area contributed by atoms with Crippen molar-refractivity contribution in [1.82, 2.24) is 19.5 Å². The zero-order valence-electron chi connectivity index (χ0n) is 13.1. The summed E-state index contributed by atoms with van der Waals surface area (Å²) in [4.78, 5) is 12.4. The number of anilines is 1. The number of nitrogen functional groups attached to an aromatic ring is 1. The number of halogens is 1. The molecule has 0 radical (unpaired) electrons. The molecule has 2 aromatic rings. The average Bonchev–Trinajstić information content (AvgIpc) is 3.20. The normalized spacial score (nSPS) is 31.5. The van der Waals surface area contributed by atoms with E-state index in [4.69, 9.17) is 15.2 Å². The standard InChI is InChI=1S/C16H18FN5O2/c17-9-6-10-13(24-16(23-10)4-2-1-3-5-16)12(9)22-8-21-11-14(18)19-7-20-15(11)22/h6-8,10,12-13H,1-5H2,(H2,18,19,20). The van der Waals surface area contributed by atoms with E-state index in [0.717, 1.165) is 25.7 Å². The van der Waals surface area contributed by atoms with Crippen molar-refractivity contribution in [2.75, 3.05) is 5.73 Å². The average molecular weight is 331 g/mol. The van der Waals surface area contributed by atoms with Crippen molar-refractivity contribution in [3.8, 4) is 0 Å². The highest BCUT2D eigenvalue weighted by atomic mass is 19.1. The van der Waals surface area contributed by atoms with E-state index in [1.54, 1.807) is 10.9 Å². The molecule has 3 heterocycles. The Morgan fingerprint density at radius 2 is 2.00 bits per heavy atom. The SMILES string of the molecule is Nc1ncnc2c1ncn2C1C(F)=CC2OC3(CCCCC3)OC21. The minimum atomic E-state index is -0.629. The topological polar surface area (TPSA) is 88.1 Å². The third-order valence-corrected chi connectivity index (χ3v) is 5.24. The highest BCUT2D eigenvalue weighted by Gasteiger charge is 2.54. The minimum Gasteiger partial charge on any atom is -0.382 e. The largest absolute Gasteiger partial charge is 0.382 e. The van der Waals surface area contributed by atoms with Gasteiger partial charge in [-0.3, -0.25) is 0 Å². The zero-order valence-corrected chi connectivity index (χ0v) is 13.1. The molecule has 5 rings (SSSR count). The summed E-state index contributed by atoms with van der Waals surface area (Å²) in [6.45, 7) is 0. The van der Waals surface area contributed by atoms with Gasteiger partial charge in [-0.2, -0.15) is 0 Å². The molecule has 3 unspecified atom stereocenters. The van der Waals surface area contributed by atoms with Gasteiger partial charge in [0.05, 0.1) is 6.33 Å². The van der Waals surface area contributed by atoms with Crippen LogP contribution in [0.4, 0.5) is 10.2 Å². The maximum Gasteiger partial charge on any atom is 0.169 e. The van der Waals surface area contributed by atoms with E-state index in [2.05, 4.69) is 15.0 Å². The molecule has 7 nitrogen and oxygen atoms in total. The van der Waals surface area contributed by atoms with Gasteiger partial charge in [0.15, 0.2) is 17.3 Å². The van der Waals surface area contributed by atoms with Crippen LogP contribution in [0.25, 0.3) is 11.2 Å². The summed E-state index contributed by atoms with van der Waals surface area (Å²) < 4.78 is 28.7. The first kappa shape index (κ1) is 14.3. The number of ether oxygens (including phenoxy) is 2. The van der Waals surface area contributed by atoms with Gasteiger partial charge in [-0.05, 0) is 18.9 Å². The van der Waals surface area contributed by atoms with Crippen molar-refractivity contribution in [2.24, 2.45) is 0 Å². The van der Waals surface area contributed by atoms with E-state index in [0.29, 0.717) is 11.2 Å². The lowest BCUT2D eigenvalue weighted by Crippen LogP contribution is -2.35. The Hall–Kier alpha value is -2.06. The van der Waals surface area contributed by atoms with E-state index < -0.39 is 17.9 Å². The molecule has 1 saturated carbocycles. The van der Waals surface area contributed by atoms with Crippen molar-refractivity contribution >= 4 is 17.0 Å². The Labute approximate surface area is 137 Å². The molecule has 1 saturated heterocycles. The highest BCUT2D eigenvalue weighted by Crippen LogP contribution is 2.49. The van der Waals surface area contributed by atoms with Gasteiger partial charge in [-0.15, -0.1) is 0 Å². The number of hydrogen-bond acceptors (Lipinski definition) is 6. The summed E-state index contributed by atoms with van der Waals surface area (Å²) in [7, 11) is 0. The fourth-order valence-electron chi connectivity index (χ4n) is 4.13. The molecule has 0 aromatic carbocycles. The molecule has 3 aliphatic rings. The van der Waals surface area contributed by atoms with E-state index in [1.807, 2.05) is 0 Å². The third-order valence-electron chi connectivity index (χ3n) is 5.24. The second kappa shape index (κ2) is 4.97. The molecular weight excluding hydrogens is 313 g/mol. The van der Waals surface area contributed by atoms with Crippen LogP contribution in [0, 0.1) is 0 Å². The Kier molecular flexibility index (Phi) is 2.96. The Balaban J connectivity index is 1.54. The van der Waals surface area contributed by atoms with Crippen LogP contribution in [-0.2, 0) is 9.47 Å². The van der Waals surface area contributed by atoms with Crippen molar-refractivity contribution in [3.05, 3.63) is 24.6 Å². The van der Waals surface area contributed by atoms with Crippen molar-refractivity contribution in [1.29, 1.82) is 0 Å². The fourth-order valence-corrected chi connectivity index (χ4v) is 4.13. The molecule has 0 amide bonds. The van der Waals surface area contributed by atoms with Gasteiger partial charge < -0.3 is 19.8 Å². The van der Waals surface area contributed by atoms with Gasteiger partial charge in [0.2, 0.25) is 0 Å². The first-order valence-corrected chi connectivity index (χ1v) is 8.33. The first-order chi connectivity index (χ1) is 11.7. The lowest BCUT2D eigenvalue weighted by Gasteiger charge is -2.33. The van der Waals surface area contributed by atoms with Crippen molar-refractivity contribution in [3.63, 3.8) is 0 Å². The number of hydrogen-bond donors (Lipinski definition) is 1. The van der Waals surface area contributed by atoms with Gasteiger partial charge in [0, 0.05) is 12.8 Å². The number of aromatic nitrogens is 4. The summed E-state index contributed by atoms with van der Waals surface area (Å²) >= 11 is 0. The summed E-state index contributed by atoms with van der Waals surface area (Å²) in [6.07, 6.45) is 8.73. The van der Waals surface area contributed by atoms with Crippen molar-refractivity contribution < 1.29 is 13.9 Å². The van der Waals surface area contributed by atoms with Crippen molar-refractivity contribution in [2.45, 2.75) is 56.1 Å². The Morgan fingerprint density at radius 3 is 2.83 bits per heavy atom. The summed E-state index contributed by atoms with van der Waals surface area (Å²) in [6, 6.07) is -0.629. The molecule has 24 heavy (non-hydrogen) atoms. The molecule has 8 heteroatoms. The third kappa shape index (κ3) is 1.93. The molecule has 1 aliphatic heterocycles. The minimum absolute atomic E-state index is 0.282. The van der Waals surface area contributed by atoms with Crippen LogP contribution in [0.1, 0.15) is 38.1 Å². The van der Waals surface area contributed by atoms with Gasteiger partial charge in [-0.25, -0.2) is 19.3 Å². The predicted octanol–water partition coefficient (Wildman–Crippen LogP) is 2.26. The van der Waals surface area contributed by atoms with Crippen LogP contribution in [0.15, 0.2) is 24.6 Å². The van der Waals surface area contributed by atoms with Gasteiger partial charge >= 0.3 is 0 Å². The van der Waals surface area contributed by atoms with Crippen LogP contribution in [0.2, 0.25) is 0 Å². The molecule has 1 spiro atoms. The molecule has 0 bridgehead atoms. The number of fused-ring (bicyclic) bond motifs is 2. The Bertz CT molecular complexity index is 829. The molecule has 2 aliphatic carbocycles. The summed E-state index contributed by atoms with van der Waals surface area (Å²) in [5.41, 5.74) is 6.81. The predicted molar refractivity (Wildman–Crippen MR) is 83.5 cm³/mol. The zero-order chi connectivity index (χ0) is 16.3. The van der Waals surface area contributed by atoms with Crippen LogP contribution >= 0.6 is 0 Å². The number of rotatable bonds is 1. The van der Waals surface area contributed by atoms with E-state index in [9.17, 15) is 4.39 Å². The van der Waals surface area contributed by atoms with Crippen LogP contribution in [-0.4, -0.2) is 37.5 Å². The molecule has 3 atom stereocenters. The number of imidazole rings is 1. The molecular formula is C16H18FN5O2. The second-order valence-corrected chi connectivity index (χ2v) is 6.72. The summed E-state index contributed by atoms with van der Waals surface area (Å²) in [5, 5.41) is 0. The highest BCUT2D eigenvalue weighted by molar-refractivity contribution is 5.81. The fraction of sp³-hybridized carbons (Fsp3) is 0.562. The van der Waals surface area contributed by atoms with E-state index in [1.165, 1.54) is 18.8 Å². The molecule has 126 valence electrons. The number of nitrogens with zero attached hydrogens (tertiary/aromatic N) is 4. The van der Waals surface area contributed by atoms with Crippen LogP contribution in [0.3, 0.4) is 0 Å². The second-order valence-electron chi connectivity index (χ2n) is 6.72. The first-order valence-electron chi connectivity index (χ1n) is 8.33. The lowest BCUT2D eigenvalue weighted by atomic mass is 9.94. The molecule has 2 fully saturated rings. The summed E-state index contributed by atoms with van der Waals surface area (Å²) in [5.74, 6) is -0.565. The van der Waals surface area contributed by atoms with Gasteiger partial charge in [-0.1, -0.05) is 6.42 Å². The Morgan fingerprint density at radius 1 is 1.17 bits per heavy atom. The quantitative estimate of drug-likeness (QED) is 0.862. The van der Waals surface area contributed by atoms with E-state index in [-0.39, 0.29) is 17.7 Å². The molecule has 2 N–H and O–H groups in total. The van der Waals surface area contributed by atoms with Gasteiger partial charge in [0.1, 0.15) is 35.9 Å². The maximum absolute atomic E-state index is 14.6. The maximum atomic E-state index is 14.6. The molecule has 2 aromatic heterocycles. The monoisotopic (exact) mass is 331 g/mol. The lowest BCUT2D eigenvalue weighted by molar-refractivity contribution is -0.195. The number of nitrogens with two attached hydrogens (primary N) is 1.